The molecule has 2 aliphatic heterocycles. The second-order valence-electron chi connectivity index (χ2n) is 11.9. The second kappa shape index (κ2) is 11.2. The van der Waals surface area contributed by atoms with E-state index in [1.165, 1.54) is 24.2 Å². The third-order valence-electron chi connectivity index (χ3n) is 9.31. The van der Waals surface area contributed by atoms with Crippen molar-refractivity contribution in [1.82, 2.24) is 15.2 Å². The molecule has 3 aromatic carbocycles. The number of nitrogens with zero attached hydrogens (tertiary/aromatic N) is 2. The lowest BCUT2D eigenvalue weighted by atomic mass is 9.89. The first kappa shape index (κ1) is 27.3. The number of carbonyl (C=O) groups is 3. The third-order valence-corrected chi connectivity index (χ3v) is 9.31. The molecule has 3 aliphatic rings. The fraction of sp³-hybridized carbons (Fsp3) is 0.343. The van der Waals surface area contributed by atoms with Crippen LogP contribution in [0.25, 0.3) is 10.9 Å². The number of amides is 4. The number of aromatic amines is 1. The van der Waals surface area contributed by atoms with Crippen molar-refractivity contribution in [1.29, 1.82) is 0 Å². The minimum Gasteiger partial charge on any atom is -0.497 e. The van der Waals surface area contributed by atoms with E-state index in [2.05, 4.69) is 16.4 Å². The quantitative estimate of drug-likeness (QED) is 0.265. The Bertz CT molecular complexity index is 1690. The highest BCUT2D eigenvalue weighted by molar-refractivity contribution is 6.24. The Morgan fingerprint density at radius 3 is 2.35 bits per heavy atom. The molecule has 1 aliphatic carbocycles. The van der Waals surface area contributed by atoms with Gasteiger partial charge in [-0.25, -0.2) is 9.69 Å². The summed E-state index contributed by atoms with van der Waals surface area (Å²) in [6.45, 7) is 0. The van der Waals surface area contributed by atoms with E-state index in [0.717, 1.165) is 53.4 Å². The van der Waals surface area contributed by atoms with Crippen LogP contribution in [0.2, 0.25) is 0 Å². The molecule has 4 aromatic rings. The van der Waals surface area contributed by atoms with E-state index >= 15 is 0 Å². The lowest BCUT2D eigenvalue weighted by Crippen LogP contribution is -2.44. The molecule has 0 radical (unpaired) electrons. The zero-order chi connectivity index (χ0) is 29.5. The van der Waals surface area contributed by atoms with Crippen LogP contribution >= 0.6 is 0 Å². The van der Waals surface area contributed by atoms with Crippen LogP contribution in [0.3, 0.4) is 0 Å². The van der Waals surface area contributed by atoms with Crippen molar-refractivity contribution in [3.8, 4) is 5.75 Å². The van der Waals surface area contributed by atoms with E-state index in [0.29, 0.717) is 23.4 Å². The molecule has 43 heavy (non-hydrogen) atoms. The highest BCUT2D eigenvalue weighted by Gasteiger charge is 2.53. The van der Waals surface area contributed by atoms with Gasteiger partial charge in [0.05, 0.1) is 18.4 Å². The number of anilines is 1. The number of fused-ring (bicyclic) bond motifs is 4. The molecule has 2 fully saturated rings. The number of hydrogen-bond acceptors (Lipinski definition) is 4. The van der Waals surface area contributed by atoms with Gasteiger partial charge in [-0.15, -0.1) is 0 Å². The Kier molecular flexibility index (Phi) is 7.13. The van der Waals surface area contributed by atoms with Gasteiger partial charge in [-0.05, 0) is 54.3 Å². The summed E-state index contributed by atoms with van der Waals surface area (Å²) in [5.74, 6) is 0.155. The highest BCUT2D eigenvalue weighted by atomic mass is 16.5. The van der Waals surface area contributed by atoms with Gasteiger partial charge in [0.25, 0.3) is 11.8 Å². The maximum absolute atomic E-state index is 14.4. The smallest absolute Gasteiger partial charge is 0.332 e. The number of ether oxygens (including phenoxy) is 1. The van der Waals surface area contributed by atoms with Crippen LogP contribution in [-0.2, 0) is 11.2 Å². The number of nitrogens with one attached hydrogen (secondary N) is 2. The number of benzene rings is 3. The van der Waals surface area contributed by atoms with Crippen molar-refractivity contribution in [3.63, 3.8) is 0 Å². The van der Waals surface area contributed by atoms with Crippen LogP contribution in [0, 0.1) is 0 Å². The maximum Gasteiger partial charge on any atom is 0.332 e. The monoisotopic (exact) mass is 576 g/mol. The molecule has 1 saturated heterocycles. The molecule has 2 atom stereocenters. The Balaban J connectivity index is 1.27. The van der Waals surface area contributed by atoms with Gasteiger partial charge in [0.15, 0.2) is 0 Å². The lowest BCUT2D eigenvalue weighted by molar-refractivity contribution is -0.120. The Morgan fingerprint density at radius 2 is 1.58 bits per heavy atom. The predicted octanol–water partition coefficient (Wildman–Crippen LogP) is 6.50. The van der Waals surface area contributed by atoms with Crippen molar-refractivity contribution >= 4 is 34.4 Å². The fourth-order valence-corrected chi connectivity index (χ4v) is 7.15. The first-order valence-electron chi connectivity index (χ1n) is 15.3. The van der Waals surface area contributed by atoms with Crippen molar-refractivity contribution in [2.24, 2.45) is 0 Å². The SMILES string of the molecule is COc1ccc(C2c3[nH]c4ccccc4c3CC3C(=O)N(c4ccccc4C(=O)NC4CCCCCCC4)C(=O)N32)cc1. The van der Waals surface area contributed by atoms with Gasteiger partial charge in [0.1, 0.15) is 17.8 Å². The van der Waals surface area contributed by atoms with Gasteiger partial charge in [-0.1, -0.05) is 74.6 Å². The van der Waals surface area contributed by atoms with Crippen LogP contribution in [0.15, 0.2) is 72.8 Å². The summed E-state index contributed by atoms with van der Waals surface area (Å²) in [7, 11) is 1.62. The van der Waals surface area contributed by atoms with Crippen molar-refractivity contribution in [2.75, 3.05) is 12.0 Å². The van der Waals surface area contributed by atoms with Gasteiger partial charge in [-0.2, -0.15) is 0 Å². The molecule has 2 N–H and O–H groups in total. The van der Waals surface area contributed by atoms with Gasteiger partial charge >= 0.3 is 6.03 Å². The van der Waals surface area contributed by atoms with E-state index < -0.39 is 18.1 Å². The standard InChI is InChI=1S/C35H36N4O4/c1-43-24-19-17-22(18-20-24)32-31-27(25-13-7-9-15-28(25)37-31)21-30-34(41)39(35(42)38(30)32)29-16-10-8-14-26(29)33(40)36-23-11-5-3-2-4-6-12-23/h7-10,13-20,23,30,32,37H,2-6,11-12,21H2,1H3,(H,36,40). The molecule has 4 amide bonds. The van der Waals surface area contributed by atoms with Crippen LogP contribution < -0.4 is 15.0 Å². The van der Waals surface area contributed by atoms with Gasteiger partial charge in [0, 0.05) is 29.1 Å². The molecule has 220 valence electrons. The first-order valence-corrected chi connectivity index (χ1v) is 15.3. The number of urea groups is 1. The molecule has 0 spiro atoms. The Hall–Kier alpha value is -4.59. The normalized spacial score (nSPS) is 20.9. The summed E-state index contributed by atoms with van der Waals surface area (Å²) in [5.41, 5.74) is 4.46. The third kappa shape index (κ3) is 4.75. The zero-order valence-corrected chi connectivity index (χ0v) is 24.3. The summed E-state index contributed by atoms with van der Waals surface area (Å²) in [5, 5.41) is 4.27. The molecule has 8 nitrogen and oxygen atoms in total. The van der Waals surface area contributed by atoms with Crippen molar-refractivity contribution in [3.05, 3.63) is 95.2 Å². The molecule has 1 saturated carbocycles. The second-order valence-corrected chi connectivity index (χ2v) is 11.9. The average Bonchev–Trinajstić information content (AvgIpc) is 3.51. The number of H-pyrrole nitrogens is 1. The molecule has 3 heterocycles. The van der Waals surface area contributed by atoms with E-state index in [4.69, 9.17) is 4.74 Å². The Morgan fingerprint density at radius 1 is 0.884 bits per heavy atom. The van der Waals surface area contributed by atoms with E-state index in [1.54, 1.807) is 36.3 Å². The molecule has 0 bridgehead atoms. The maximum atomic E-state index is 14.4. The summed E-state index contributed by atoms with van der Waals surface area (Å²) in [4.78, 5) is 48.8. The molecular weight excluding hydrogens is 540 g/mol. The summed E-state index contributed by atoms with van der Waals surface area (Å²) >= 11 is 0. The minimum absolute atomic E-state index is 0.0925. The molecule has 8 heteroatoms. The first-order chi connectivity index (χ1) is 21.0. The lowest BCUT2D eigenvalue weighted by Gasteiger charge is -2.36. The number of aromatic nitrogens is 1. The zero-order valence-electron chi connectivity index (χ0n) is 24.3. The van der Waals surface area contributed by atoms with E-state index in [-0.39, 0.29) is 17.9 Å². The molecule has 1 aromatic heterocycles. The number of rotatable bonds is 5. The average molecular weight is 577 g/mol. The van der Waals surface area contributed by atoms with Gasteiger partial charge < -0.3 is 15.0 Å². The minimum atomic E-state index is -0.701. The Labute approximate surface area is 251 Å². The van der Waals surface area contributed by atoms with E-state index in [1.807, 2.05) is 42.5 Å². The number of para-hydroxylation sites is 2. The number of imide groups is 1. The van der Waals surface area contributed by atoms with Crippen LogP contribution in [0.1, 0.15) is 78.2 Å². The largest absolute Gasteiger partial charge is 0.497 e. The van der Waals surface area contributed by atoms with Crippen molar-refractivity contribution in [2.45, 2.75) is 69.5 Å². The molecular formula is C35H36N4O4. The van der Waals surface area contributed by atoms with Gasteiger partial charge in [-0.3, -0.25) is 14.5 Å². The van der Waals surface area contributed by atoms with Crippen LogP contribution in [0.5, 0.6) is 5.75 Å². The van der Waals surface area contributed by atoms with Crippen LogP contribution in [-0.4, -0.2) is 46.9 Å². The summed E-state index contributed by atoms with van der Waals surface area (Å²) < 4.78 is 5.39. The predicted molar refractivity (Wildman–Crippen MR) is 165 cm³/mol. The summed E-state index contributed by atoms with van der Waals surface area (Å²) in [6.07, 6.45) is 8.08. The molecule has 2 unspecified atom stereocenters. The van der Waals surface area contributed by atoms with Crippen molar-refractivity contribution < 1.29 is 19.1 Å². The van der Waals surface area contributed by atoms with Crippen LogP contribution in [0.4, 0.5) is 10.5 Å². The summed E-state index contributed by atoms with van der Waals surface area (Å²) in [6, 6.07) is 21.1. The highest BCUT2D eigenvalue weighted by Crippen LogP contribution is 2.45. The topological polar surface area (TPSA) is 94.7 Å². The number of methoxy groups -OCH3 is 1. The molecule has 7 rings (SSSR count). The number of hydrogen-bond donors (Lipinski definition) is 2. The fourth-order valence-electron chi connectivity index (χ4n) is 7.15. The van der Waals surface area contributed by atoms with Gasteiger partial charge in [0.2, 0.25) is 0 Å². The number of carbonyl (C=O) groups excluding carboxylic acids is 3. The van der Waals surface area contributed by atoms with E-state index in [9.17, 15) is 14.4 Å².